The molecule has 1 saturated carbocycles. The molecule has 4 rings (SSSR count). The summed E-state index contributed by atoms with van der Waals surface area (Å²) < 4.78 is 0. The maximum absolute atomic E-state index is 13.1. The number of nitrogens with zero attached hydrogens (tertiary/aromatic N) is 4. The number of allylic oxidation sites excluding steroid dienone is 4. The number of carbonyl (C=O) groups is 2. The van der Waals surface area contributed by atoms with Crippen molar-refractivity contribution >= 4 is 41.2 Å². The topological polar surface area (TPSA) is 126 Å². The van der Waals surface area contributed by atoms with Gasteiger partial charge in [-0.3, -0.25) is 9.59 Å². The van der Waals surface area contributed by atoms with Gasteiger partial charge in [0.15, 0.2) is 0 Å². The van der Waals surface area contributed by atoms with Gasteiger partial charge in [0.1, 0.15) is 0 Å². The summed E-state index contributed by atoms with van der Waals surface area (Å²) >= 11 is 6.41. The molecule has 3 aliphatic rings. The van der Waals surface area contributed by atoms with Gasteiger partial charge in [0.2, 0.25) is 17.8 Å². The highest BCUT2D eigenvalue weighted by Gasteiger charge is 2.30. The van der Waals surface area contributed by atoms with Crippen LogP contribution in [0.5, 0.6) is 0 Å². The van der Waals surface area contributed by atoms with Crippen LogP contribution in [-0.4, -0.2) is 83.6 Å². The lowest BCUT2D eigenvalue weighted by atomic mass is 9.89. The summed E-state index contributed by atoms with van der Waals surface area (Å²) in [4.78, 5) is 38.3. The molecular weight excluding hydrogens is 528 g/mol. The summed E-state index contributed by atoms with van der Waals surface area (Å²) in [5.41, 5.74) is 1.79. The number of anilines is 1. The maximum atomic E-state index is 13.1. The largest absolute Gasteiger partial charge is 0.361 e. The quantitative estimate of drug-likeness (QED) is 0.267. The molecule has 40 heavy (non-hydrogen) atoms. The number of nitrogens with one attached hydrogen (secondary N) is 4. The Hall–Kier alpha value is -3.50. The van der Waals surface area contributed by atoms with Crippen LogP contribution in [0, 0.1) is 11.3 Å². The second-order valence-electron chi connectivity index (χ2n) is 10.7. The van der Waals surface area contributed by atoms with Gasteiger partial charge in [-0.1, -0.05) is 23.8 Å². The van der Waals surface area contributed by atoms with Crippen molar-refractivity contribution in [3.05, 3.63) is 59.2 Å². The third-order valence-electron chi connectivity index (χ3n) is 7.41. The molecule has 2 atom stereocenters. The highest BCUT2D eigenvalue weighted by molar-refractivity contribution is 6.33. The van der Waals surface area contributed by atoms with Crippen molar-refractivity contribution in [3.63, 3.8) is 0 Å². The molecule has 0 aromatic carbocycles. The van der Waals surface area contributed by atoms with Crippen molar-refractivity contribution in [2.24, 2.45) is 5.92 Å². The van der Waals surface area contributed by atoms with Crippen LogP contribution in [0.4, 0.5) is 5.95 Å². The van der Waals surface area contributed by atoms with Crippen LogP contribution in [0.2, 0.25) is 5.02 Å². The summed E-state index contributed by atoms with van der Waals surface area (Å²) in [6.07, 6.45) is 18.7. The third kappa shape index (κ3) is 8.02. The molecule has 2 aliphatic heterocycles. The van der Waals surface area contributed by atoms with E-state index in [4.69, 9.17) is 17.0 Å². The van der Waals surface area contributed by atoms with Crippen LogP contribution in [0.1, 0.15) is 44.2 Å². The van der Waals surface area contributed by atoms with Crippen molar-refractivity contribution in [3.8, 4) is 0 Å². The van der Waals surface area contributed by atoms with Gasteiger partial charge >= 0.3 is 0 Å². The standard InChI is InChI=1S/C29H39ClN8O2/c1-37(2)14-6-10-26(39)38-15-11-20(12-16-38)28(40)34-21-7-5-8-22(17-21)35-29-33-19-24(30)27(36-29)23(18-31)25-9-3-4-13-32-25/h3-4,6,9-10,13,18-22,31-32H,5,7-8,11-12,14-17H2,1-2H3,(H,34,40)(H,33,35,36)/b10-6+,25-23+,31-18?/t21-,22+/m0/s1. The molecule has 1 aromatic rings. The molecule has 1 saturated heterocycles. The Labute approximate surface area is 241 Å². The lowest BCUT2D eigenvalue weighted by Gasteiger charge is -2.34. The minimum absolute atomic E-state index is 0.0155. The Kier molecular flexibility index (Phi) is 10.5. The smallest absolute Gasteiger partial charge is 0.246 e. The monoisotopic (exact) mass is 566 g/mol. The van der Waals surface area contributed by atoms with E-state index in [0.29, 0.717) is 48.2 Å². The Morgan fingerprint density at radius 3 is 2.67 bits per heavy atom. The second kappa shape index (κ2) is 14.2. The number of halogens is 1. The maximum Gasteiger partial charge on any atom is 0.246 e. The Morgan fingerprint density at radius 2 is 1.98 bits per heavy atom. The first-order valence-corrected chi connectivity index (χ1v) is 14.3. The minimum atomic E-state index is -0.0739. The number of dihydropyridines is 1. The van der Waals surface area contributed by atoms with Gasteiger partial charge in [0, 0.05) is 67.4 Å². The van der Waals surface area contributed by atoms with Crippen LogP contribution in [0.15, 0.2) is 48.5 Å². The fourth-order valence-corrected chi connectivity index (χ4v) is 5.44. The van der Waals surface area contributed by atoms with Gasteiger partial charge in [-0.25, -0.2) is 9.97 Å². The average molecular weight is 567 g/mol. The highest BCUT2D eigenvalue weighted by atomic mass is 35.5. The predicted octanol–water partition coefficient (Wildman–Crippen LogP) is 3.36. The molecule has 11 heteroatoms. The second-order valence-corrected chi connectivity index (χ2v) is 11.1. The molecule has 0 spiro atoms. The molecule has 4 N–H and O–H groups in total. The van der Waals surface area contributed by atoms with Crippen molar-refractivity contribution in [1.29, 1.82) is 5.41 Å². The molecule has 0 unspecified atom stereocenters. The molecule has 2 amide bonds. The first kappa shape index (κ1) is 29.5. The summed E-state index contributed by atoms with van der Waals surface area (Å²) in [7, 11) is 3.93. The Morgan fingerprint density at radius 1 is 1.20 bits per heavy atom. The lowest BCUT2D eigenvalue weighted by Crippen LogP contribution is -2.47. The van der Waals surface area contributed by atoms with Gasteiger partial charge in [0.05, 0.1) is 16.9 Å². The molecule has 0 radical (unpaired) electrons. The number of piperidine rings is 1. The van der Waals surface area contributed by atoms with Gasteiger partial charge in [-0.15, -0.1) is 0 Å². The number of hydrogen-bond donors (Lipinski definition) is 4. The van der Waals surface area contributed by atoms with E-state index in [1.165, 1.54) is 6.21 Å². The zero-order valence-corrected chi connectivity index (χ0v) is 24.0. The number of rotatable bonds is 9. The van der Waals surface area contributed by atoms with Crippen LogP contribution < -0.4 is 16.0 Å². The summed E-state index contributed by atoms with van der Waals surface area (Å²) in [6, 6.07) is 0.176. The first-order chi connectivity index (χ1) is 19.3. The van der Waals surface area contributed by atoms with Gasteiger partial charge in [-0.2, -0.15) is 0 Å². The summed E-state index contributed by atoms with van der Waals surface area (Å²) in [5, 5.41) is 18.1. The molecular formula is C29H39ClN8O2. The molecule has 1 aliphatic carbocycles. The van der Waals surface area contributed by atoms with Crippen LogP contribution >= 0.6 is 11.6 Å². The predicted molar refractivity (Wildman–Crippen MR) is 159 cm³/mol. The number of amides is 2. The van der Waals surface area contributed by atoms with Crippen LogP contribution in [0.25, 0.3) is 5.57 Å². The summed E-state index contributed by atoms with van der Waals surface area (Å²) in [6.45, 7) is 1.93. The SMILES string of the molecule is CN(C)C/C=C/C(=O)N1CCC(C(=O)N[C@H]2CCC[C@@H](Nc3ncc(Cl)c(/C(C=N)=C4\C=CC=CN4)n3)C2)CC1. The number of carbonyl (C=O) groups excluding carboxylic acids is 2. The van der Waals surface area contributed by atoms with E-state index in [9.17, 15) is 9.59 Å². The van der Waals surface area contributed by atoms with Crippen molar-refractivity contribution in [2.45, 2.75) is 50.6 Å². The number of hydrogen-bond acceptors (Lipinski definition) is 8. The first-order valence-electron chi connectivity index (χ1n) is 13.9. The lowest BCUT2D eigenvalue weighted by molar-refractivity contribution is -0.132. The van der Waals surface area contributed by atoms with Crippen LogP contribution in [-0.2, 0) is 9.59 Å². The van der Waals surface area contributed by atoms with Crippen molar-refractivity contribution in [2.75, 3.05) is 39.0 Å². The van der Waals surface area contributed by atoms with E-state index in [2.05, 4.69) is 25.9 Å². The van der Waals surface area contributed by atoms with E-state index >= 15 is 0 Å². The third-order valence-corrected chi connectivity index (χ3v) is 7.68. The zero-order chi connectivity index (χ0) is 28.5. The molecule has 10 nitrogen and oxygen atoms in total. The van der Waals surface area contributed by atoms with Crippen molar-refractivity contribution < 1.29 is 9.59 Å². The highest BCUT2D eigenvalue weighted by Crippen LogP contribution is 2.27. The van der Waals surface area contributed by atoms with E-state index in [-0.39, 0.29) is 29.8 Å². The van der Waals surface area contributed by atoms with E-state index in [1.54, 1.807) is 18.5 Å². The Balaban J connectivity index is 1.29. The van der Waals surface area contributed by atoms with E-state index < -0.39 is 0 Å². The average Bonchev–Trinajstić information content (AvgIpc) is 2.95. The Bertz CT molecular complexity index is 1200. The molecule has 2 fully saturated rings. The van der Waals surface area contributed by atoms with Gasteiger partial charge < -0.3 is 31.2 Å². The van der Waals surface area contributed by atoms with Crippen LogP contribution in [0.3, 0.4) is 0 Å². The number of likely N-dealkylation sites (N-methyl/N-ethyl adjacent to an activating group) is 1. The molecule has 0 bridgehead atoms. The van der Waals surface area contributed by atoms with E-state index in [1.807, 2.05) is 48.2 Å². The minimum Gasteiger partial charge on any atom is -0.361 e. The van der Waals surface area contributed by atoms with E-state index in [0.717, 1.165) is 37.9 Å². The van der Waals surface area contributed by atoms with Crippen molar-refractivity contribution in [1.82, 2.24) is 30.4 Å². The molecule has 3 heterocycles. The number of aromatic nitrogens is 2. The van der Waals surface area contributed by atoms with Gasteiger partial charge in [-0.05, 0) is 64.8 Å². The molecule has 1 aromatic heterocycles. The normalized spacial score (nSPS) is 22.8. The zero-order valence-electron chi connectivity index (χ0n) is 23.2. The number of likely N-dealkylation sites (tertiary alicyclic amines) is 1. The fraction of sp³-hybridized carbons (Fsp3) is 0.483. The molecule has 214 valence electrons. The summed E-state index contributed by atoms with van der Waals surface area (Å²) in [5.74, 6) is 0.468. The fourth-order valence-electron chi connectivity index (χ4n) is 5.25. The van der Waals surface area contributed by atoms with Gasteiger partial charge in [0.25, 0.3) is 0 Å².